The van der Waals surface area contributed by atoms with Crippen LogP contribution in [0.5, 0.6) is 0 Å². The van der Waals surface area contributed by atoms with Gasteiger partial charge in [0, 0.05) is 24.9 Å². The Morgan fingerprint density at radius 2 is 2.08 bits per heavy atom. The van der Waals surface area contributed by atoms with Crippen LogP contribution >= 0.6 is 0 Å². The molecule has 1 aromatic carbocycles. The first-order chi connectivity index (χ1) is 11.5. The third kappa shape index (κ3) is 2.72. The first-order valence-electron chi connectivity index (χ1n) is 7.59. The largest absolute Gasteiger partial charge is 0.325 e. The molecule has 0 spiro atoms. The van der Waals surface area contributed by atoms with Crippen molar-refractivity contribution in [1.29, 1.82) is 5.26 Å². The summed E-state index contributed by atoms with van der Waals surface area (Å²) in [6.45, 7) is 1.92. The predicted molar refractivity (Wildman–Crippen MR) is 86.7 cm³/mol. The Labute approximate surface area is 139 Å². The second-order valence-corrected chi connectivity index (χ2v) is 5.78. The summed E-state index contributed by atoms with van der Waals surface area (Å²) in [5, 5.41) is 11.8. The summed E-state index contributed by atoms with van der Waals surface area (Å²) < 4.78 is 0. The fraction of sp³-hybridized carbons (Fsp3) is 0.222. The van der Waals surface area contributed by atoms with Crippen molar-refractivity contribution in [1.82, 2.24) is 15.2 Å². The molecule has 6 nitrogen and oxygen atoms in total. The van der Waals surface area contributed by atoms with Crippen molar-refractivity contribution in [2.24, 2.45) is 0 Å². The van der Waals surface area contributed by atoms with E-state index in [0.29, 0.717) is 17.5 Å². The zero-order valence-corrected chi connectivity index (χ0v) is 13.2. The number of hydrogen-bond acceptors (Lipinski definition) is 4. The standard InChI is InChI=1S/C18H16N4O2/c1-18(14-6-4-5-13(11-14)12-19)16(23)22(17(24)21-18)10-8-15-7-2-3-9-20-15/h2-7,9,11H,8,10H2,1H3,(H,21,24). The van der Waals surface area contributed by atoms with Gasteiger partial charge in [-0.05, 0) is 36.8 Å². The van der Waals surface area contributed by atoms with Gasteiger partial charge in [-0.2, -0.15) is 5.26 Å². The number of nitrogens with one attached hydrogen (secondary N) is 1. The molecule has 0 saturated carbocycles. The highest BCUT2D eigenvalue weighted by Crippen LogP contribution is 2.29. The average molecular weight is 320 g/mol. The van der Waals surface area contributed by atoms with Crippen molar-refractivity contribution in [3.8, 4) is 6.07 Å². The average Bonchev–Trinajstić information content (AvgIpc) is 2.84. The molecule has 1 fully saturated rings. The van der Waals surface area contributed by atoms with E-state index in [1.807, 2.05) is 24.3 Å². The van der Waals surface area contributed by atoms with Gasteiger partial charge in [0.2, 0.25) is 0 Å². The number of hydrogen-bond donors (Lipinski definition) is 1. The van der Waals surface area contributed by atoms with Gasteiger partial charge in [0.05, 0.1) is 11.6 Å². The maximum absolute atomic E-state index is 12.8. The van der Waals surface area contributed by atoms with E-state index < -0.39 is 11.6 Å². The summed E-state index contributed by atoms with van der Waals surface area (Å²) in [5.74, 6) is -0.321. The van der Waals surface area contributed by atoms with E-state index in [1.54, 1.807) is 37.4 Å². The topological polar surface area (TPSA) is 86.1 Å². The second-order valence-electron chi connectivity index (χ2n) is 5.78. The van der Waals surface area contributed by atoms with Crippen LogP contribution in [0.2, 0.25) is 0 Å². The lowest BCUT2D eigenvalue weighted by atomic mass is 9.91. The van der Waals surface area contributed by atoms with Crippen LogP contribution in [0, 0.1) is 11.3 Å². The van der Waals surface area contributed by atoms with Crippen molar-refractivity contribution < 1.29 is 9.59 Å². The Balaban J connectivity index is 1.81. The minimum Gasteiger partial charge on any atom is -0.319 e. The molecule has 120 valence electrons. The number of urea groups is 1. The lowest BCUT2D eigenvalue weighted by Crippen LogP contribution is -2.41. The zero-order chi connectivity index (χ0) is 17.2. The van der Waals surface area contributed by atoms with E-state index >= 15 is 0 Å². The summed E-state index contributed by atoms with van der Waals surface area (Å²) in [4.78, 5) is 30.5. The van der Waals surface area contributed by atoms with Gasteiger partial charge in [-0.25, -0.2) is 4.79 Å². The van der Waals surface area contributed by atoms with E-state index in [0.717, 1.165) is 5.69 Å². The molecule has 0 bridgehead atoms. The third-order valence-electron chi connectivity index (χ3n) is 4.16. The van der Waals surface area contributed by atoms with Gasteiger partial charge in [0.1, 0.15) is 5.54 Å². The van der Waals surface area contributed by atoms with Crippen LogP contribution in [-0.4, -0.2) is 28.4 Å². The van der Waals surface area contributed by atoms with Crippen molar-refractivity contribution in [3.05, 3.63) is 65.5 Å². The van der Waals surface area contributed by atoms with Crippen LogP contribution in [0.15, 0.2) is 48.7 Å². The predicted octanol–water partition coefficient (Wildman–Crippen LogP) is 1.96. The molecule has 0 radical (unpaired) electrons. The smallest absolute Gasteiger partial charge is 0.319 e. The number of amides is 3. The van der Waals surface area contributed by atoms with E-state index in [2.05, 4.69) is 10.3 Å². The first kappa shape index (κ1) is 15.7. The highest BCUT2D eigenvalue weighted by atomic mass is 16.2. The van der Waals surface area contributed by atoms with Gasteiger partial charge in [0.15, 0.2) is 0 Å². The molecular formula is C18H16N4O2. The second kappa shape index (κ2) is 6.13. The summed E-state index contributed by atoms with van der Waals surface area (Å²) in [6.07, 6.45) is 2.17. The Bertz CT molecular complexity index is 828. The van der Waals surface area contributed by atoms with Gasteiger partial charge in [-0.3, -0.25) is 14.7 Å². The lowest BCUT2D eigenvalue weighted by Gasteiger charge is -2.22. The Morgan fingerprint density at radius 3 is 2.79 bits per heavy atom. The van der Waals surface area contributed by atoms with Gasteiger partial charge in [-0.1, -0.05) is 18.2 Å². The van der Waals surface area contributed by atoms with Gasteiger partial charge in [-0.15, -0.1) is 0 Å². The number of rotatable bonds is 4. The molecular weight excluding hydrogens is 304 g/mol. The highest BCUT2D eigenvalue weighted by Gasteiger charge is 2.48. The number of imide groups is 1. The van der Waals surface area contributed by atoms with E-state index in [4.69, 9.17) is 5.26 Å². The molecule has 1 unspecified atom stereocenters. The summed E-state index contributed by atoms with van der Waals surface area (Å²) in [6, 6.07) is 13.9. The van der Waals surface area contributed by atoms with Crippen LogP contribution in [0.25, 0.3) is 0 Å². The van der Waals surface area contributed by atoms with Gasteiger partial charge >= 0.3 is 6.03 Å². The molecule has 24 heavy (non-hydrogen) atoms. The normalized spacial score (nSPS) is 19.9. The molecule has 0 aliphatic carbocycles. The number of pyridine rings is 1. The molecule has 3 amide bonds. The molecule has 1 aliphatic heterocycles. The minimum atomic E-state index is -1.16. The first-order valence-corrected chi connectivity index (χ1v) is 7.59. The van der Waals surface area contributed by atoms with E-state index in [-0.39, 0.29) is 12.5 Å². The maximum Gasteiger partial charge on any atom is 0.325 e. The van der Waals surface area contributed by atoms with Crippen molar-refractivity contribution in [2.45, 2.75) is 18.9 Å². The third-order valence-corrected chi connectivity index (χ3v) is 4.16. The van der Waals surface area contributed by atoms with Crippen molar-refractivity contribution in [3.63, 3.8) is 0 Å². The number of benzene rings is 1. The molecule has 1 N–H and O–H groups in total. The molecule has 1 aliphatic rings. The summed E-state index contributed by atoms with van der Waals surface area (Å²) in [7, 11) is 0. The van der Waals surface area contributed by atoms with Crippen LogP contribution in [-0.2, 0) is 16.8 Å². The highest BCUT2D eigenvalue weighted by molar-refractivity contribution is 6.07. The zero-order valence-electron chi connectivity index (χ0n) is 13.2. The Hall–Kier alpha value is -3.20. The summed E-state index contributed by atoms with van der Waals surface area (Å²) in [5.41, 5.74) is 0.703. The Morgan fingerprint density at radius 1 is 1.25 bits per heavy atom. The van der Waals surface area contributed by atoms with Crippen LogP contribution in [0.4, 0.5) is 4.79 Å². The molecule has 1 atom stereocenters. The summed E-state index contributed by atoms with van der Waals surface area (Å²) >= 11 is 0. The van der Waals surface area contributed by atoms with Crippen LogP contribution < -0.4 is 5.32 Å². The molecule has 1 saturated heterocycles. The fourth-order valence-electron chi connectivity index (χ4n) is 2.77. The van der Waals surface area contributed by atoms with Crippen LogP contribution in [0.3, 0.4) is 0 Å². The molecule has 2 aromatic rings. The molecule has 3 rings (SSSR count). The van der Waals surface area contributed by atoms with Crippen LogP contribution in [0.1, 0.15) is 23.7 Å². The number of carbonyl (C=O) groups excluding carboxylic acids is 2. The number of nitrogens with zero attached hydrogens (tertiary/aromatic N) is 3. The van der Waals surface area contributed by atoms with E-state index in [1.165, 1.54) is 4.90 Å². The Kier molecular flexibility index (Phi) is 4.00. The SMILES string of the molecule is CC1(c2cccc(C#N)c2)NC(=O)N(CCc2ccccn2)C1=O. The molecule has 1 aromatic heterocycles. The van der Waals surface area contributed by atoms with Gasteiger partial charge < -0.3 is 5.32 Å². The van der Waals surface area contributed by atoms with Crippen molar-refractivity contribution in [2.75, 3.05) is 6.54 Å². The minimum absolute atomic E-state index is 0.259. The monoisotopic (exact) mass is 320 g/mol. The number of aromatic nitrogens is 1. The van der Waals surface area contributed by atoms with Gasteiger partial charge in [0.25, 0.3) is 5.91 Å². The molecule has 6 heteroatoms. The lowest BCUT2D eigenvalue weighted by molar-refractivity contribution is -0.131. The molecule has 2 heterocycles. The van der Waals surface area contributed by atoms with Crippen molar-refractivity contribution >= 4 is 11.9 Å². The fourth-order valence-corrected chi connectivity index (χ4v) is 2.77. The quantitative estimate of drug-likeness (QED) is 0.873. The van der Waals surface area contributed by atoms with E-state index in [9.17, 15) is 9.59 Å². The number of carbonyl (C=O) groups is 2. The maximum atomic E-state index is 12.8. The number of nitriles is 1.